The van der Waals surface area contributed by atoms with Crippen LogP contribution in [-0.4, -0.2) is 29.0 Å². The second kappa shape index (κ2) is 11.8. The summed E-state index contributed by atoms with van der Waals surface area (Å²) < 4.78 is 5.28. The van der Waals surface area contributed by atoms with Crippen LogP contribution in [0.4, 0.5) is 0 Å². The van der Waals surface area contributed by atoms with Gasteiger partial charge in [0.15, 0.2) is 0 Å². The van der Waals surface area contributed by atoms with E-state index in [2.05, 4.69) is 15.3 Å². The number of amides is 1. The Bertz CT molecular complexity index is 311. The predicted octanol–water partition coefficient (Wildman–Crippen LogP) is 2.68. The molecule has 0 fully saturated rings. The van der Waals surface area contributed by atoms with Gasteiger partial charge in [-0.25, -0.2) is 9.97 Å². The standard InChI is InChI=1S/C9H13N3O2.2C2H6/c1-6(2)14-8-5-11-7(4-12-8)9(13)10-3;2*1-2/h4-6H,1-3H3,(H,10,13);2*1-2H3. The van der Waals surface area contributed by atoms with Gasteiger partial charge in [0.05, 0.1) is 18.5 Å². The second-order valence-corrected chi connectivity index (χ2v) is 2.99. The van der Waals surface area contributed by atoms with E-state index < -0.39 is 0 Å². The minimum Gasteiger partial charge on any atom is -0.474 e. The summed E-state index contributed by atoms with van der Waals surface area (Å²) in [5, 5.41) is 2.46. The van der Waals surface area contributed by atoms with Crippen LogP contribution in [0, 0.1) is 0 Å². The second-order valence-electron chi connectivity index (χ2n) is 2.99. The van der Waals surface area contributed by atoms with Gasteiger partial charge in [0.25, 0.3) is 5.91 Å². The molecule has 0 atom stereocenters. The Labute approximate surface area is 110 Å². The van der Waals surface area contributed by atoms with E-state index in [1.54, 1.807) is 7.05 Å². The van der Waals surface area contributed by atoms with Crippen molar-refractivity contribution in [1.29, 1.82) is 0 Å². The summed E-state index contributed by atoms with van der Waals surface area (Å²) in [4.78, 5) is 18.9. The molecule has 0 radical (unpaired) electrons. The average Bonchev–Trinajstić information content (AvgIpc) is 2.42. The fraction of sp³-hybridized carbons (Fsp3) is 0.615. The van der Waals surface area contributed by atoms with Crippen molar-refractivity contribution < 1.29 is 9.53 Å². The summed E-state index contributed by atoms with van der Waals surface area (Å²) in [5.74, 6) is 0.168. The minimum absolute atomic E-state index is 0.0511. The molecule has 0 spiro atoms. The molecule has 1 heterocycles. The first-order valence-corrected chi connectivity index (χ1v) is 6.34. The zero-order chi connectivity index (χ0) is 14.6. The summed E-state index contributed by atoms with van der Waals surface area (Å²) in [5.41, 5.74) is 0.281. The van der Waals surface area contributed by atoms with Crippen molar-refractivity contribution in [2.24, 2.45) is 0 Å². The third kappa shape index (κ3) is 7.60. The summed E-state index contributed by atoms with van der Waals surface area (Å²) >= 11 is 0. The van der Waals surface area contributed by atoms with Gasteiger partial charge in [0.1, 0.15) is 5.69 Å². The molecule has 1 rings (SSSR count). The van der Waals surface area contributed by atoms with Gasteiger partial charge in [0, 0.05) is 7.05 Å². The summed E-state index contributed by atoms with van der Waals surface area (Å²) in [6.45, 7) is 11.8. The van der Waals surface area contributed by atoms with Crippen molar-refractivity contribution in [1.82, 2.24) is 15.3 Å². The van der Waals surface area contributed by atoms with E-state index in [1.807, 2.05) is 41.5 Å². The van der Waals surface area contributed by atoms with Gasteiger partial charge < -0.3 is 10.1 Å². The van der Waals surface area contributed by atoms with Crippen LogP contribution in [0.15, 0.2) is 12.4 Å². The molecule has 0 saturated heterocycles. The highest BCUT2D eigenvalue weighted by Gasteiger charge is 2.06. The number of hydrogen-bond donors (Lipinski definition) is 1. The Balaban J connectivity index is 0. The highest BCUT2D eigenvalue weighted by atomic mass is 16.5. The van der Waals surface area contributed by atoms with E-state index in [0.717, 1.165) is 0 Å². The van der Waals surface area contributed by atoms with Crippen LogP contribution in [0.2, 0.25) is 0 Å². The molecule has 1 amide bonds. The molecule has 5 nitrogen and oxygen atoms in total. The summed E-state index contributed by atoms with van der Waals surface area (Å²) in [7, 11) is 1.54. The van der Waals surface area contributed by atoms with Crippen LogP contribution < -0.4 is 10.1 Å². The Morgan fingerprint density at radius 1 is 1.17 bits per heavy atom. The number of aromatic nitrogens is 2. The zero-order valence-corrected chi connectivity index (χ0v) is 12.4. The highest BCUT2D eigenvalue weighted by molar-refractivity contribution is 5.91. The molecule has 0 aliphatic heterocycles. The van der Waals surface area contributed by atoms with Crippen LogP contribution in [0.25, 0.3) is 0 Å². The fourth-order valence-corrected chi connectivity index (χ4v) is 0.864. The van der Waals surface area contributed by atoms with E-state index in [9.17, 15) is 4.79 Å². The number of rotatable bonds is 3. The zero-order valence-electron chi connectivity index (χ0n) is 12.4. The lowest BCUT2D eigenvalue weighted by molar-refractivity contribution is 0.0957. The van der Waals surface area contributed by atoms with E-state index in [0.29, 0.717) is 5.88 Å². The van der Waals surface area contributed by atoms with E-state index >= 15 is 0 Å². The molecule has 1 aromatic heterocycles. The number of ether oxygens (including phenoxy) is 1. The lowest BCUT2D eigenvalue weighted by atomic mass is 10.4. The summed E-state index contributed by atoms with van der Waals surface area (Å²) in [6, 6.07) is 0. The first-order valence-electron chi connectivity index (χ1n) is 6.34. The number of carbonyl (C=O) groups is 1. The maximum absolute atomic E-state index is 11.1. The first kappa shape index (κ1) is 18.7. The van der Waals surface area contributed by atoms with Gasteiger partial charge in [-0.15, -0.1) is 0 Å². The van der Waals surface area contributed by atoms with Crippen molar-refractivity contribution in [3.8, 4) is 5.88 Å². The Morgan fingerprint density at radius 2 is 1.72 bits per heavy atom. The molecule has 5 heteroatoms. The Kier molecular flexibility index (Phi) is 12.3. The molecule has 0 aliphatic carbocycles. The number of carbonyl (C=O) groups excluding carboxylic acids is 1. The van der Waals surface area contributed by atoms with Crippen LogP contribution in [0.3, 0.4) is 0 Å². The van der Waals surface area contributed by atoms with Crippen molar-refractivity contribution >= 4 is 5.91 Å². The average molecular weight is 255 g/mol. The van der Waals surface area contributed by atoms with Gasteiger partial charge in [0.2, 0.25) is 5.88 Å². The quantitative estimate of drug-likeness (QED) is 0.902. The molecule has 1 N–H and O–H groups in total. The van der Waals surface area contributed by atoms with Crippen molar-refractivity contribution in [2.75, 3.05) is 7.05 Å². The molecule has 0 aromatic carbocycles. The van der Waals surface area contributed by atoms with Crippen LogP contribution in [0.1, 0.15) is 52.0 Å². The molecule has 0 unspecified atom stereocenters. The van der Waals surface area contributed by atoms with Gasteiger partial charge in [-0.2, -0.15) is 0 Å². The maximum atomic E-state index is 11.1. The smallest absolute Gasteiger partial charge is 0.271 e. The van der Waals surface area contributed by atoms with Crippen molar-refractivity contribution in [2.45, 2.75) is 47.6 Å². The van der Waals surface area contributed by atoms with Crippen LogP contribution >= 0.6 is 0 Å². The van der Waals surface area contributed by atoms with Crippen LogP contribution in [0.5, 0.6) is 5.88 Å². The fourth-order valence-electron chi connectivity index (χ4n) is 0.864. The monoisotopic (exact) mass is 255 g/mol. The van der Waals surface area contributed by atoms with E-state index in [4.69, 9.17) is 4.74 Å². The molecule has 104 valence electrons. The Morgan fingerprint density at radius 3 is 2.06 bits per heavy atom. The molecule has 18 heavy (non-hydrogen) atoms. The van der Waals surface area contributed by atoms with Crippen molar-refractivity contribution in [3.63, 3.8) is 0 Å². The predicted molar refractivity (Wildman–Crippen MR) is 73.9 cm³/mol. The number of nitrogens with zero attached hydrogens (tertiary/aromatic N) is 2. The lowest BCUT2D eigenvalue weighted by Crippen LogP contribution is -2.19. The normalized spacial score (nSPS) is 8.44. The number of nitrogens with one attached hydrogen (secondary N) is 1. The van der Waals surface area contributed by atoms with Crippen LogP contribution in [-0.2, 0) is 0 Å². The SMILES string of the molecule is CC.CC.CNC(=O)c1cnc(OC(C)C)cn1. The highest BCUT2D eigenvalue weighted by Crippen LogP contribution is 2.05. The largest absolute Gasteiger partial charge is 0.474 e. The van der Waals surface area contributed by atoms with E-state index in [1.165, 1.54) is 12.4 Å². The van der Waals surface area contributed by atoms with Gasteiger partial charge in [-0.05, 0) is 13.8 Å². The third-order valence-electron chi connectivity index (χ3n) is 1.44. The van der Waals surface area contributed by atoms with E-state index in [-0.39, 0.29) is 17.7 Å². The van der Waals surface area contributed by atoms with Gasteiger partial charge in [-0.1, -0.05) is 27.7 Å². The Hall–Kier alpha value is -1.65. The minimum atomic E-state index is -0.256. The molecule has 0 aliphatic rings. The molecule has 1 aromatic rings. The lowest BCUT2D eigenvalue weighted by Gasteiger charge is -2.07. The summed E-state index contributed by atoms with van der Waals surface area (Å²) in [6.07, 6.45) is 2.87. The first-order chi connectivity index (χ1) is 8.63. The number of hydrogen-bond acceptors (Lipinski definition) is 4. The molecular weight excluding hydrogens is 230 g/mol. The van der Waals surface area contributed by atoms with Gasteiger partial charge >= 0.3 is 0 Å². The van der Waals surface area contributed by atoms with Gasteiger partial charge in [-0.3, -0.25) is 4.79 Å². The molecular formula is C13H25N3O2. The molecule has 0 bridgehead atoms. The topological polar surface area (TPSA) is 64.1 Å². The van der Waals surface area contributed by atoms with Crippen molar-refractivity contribution in [3.05, 3.63) is 18.1 Å². The maximum Gasteiger partial charge on any atom is 0.271 e. The third-order valence-corrected chi connectivity index (χ3v) is 1.44. The molecule has 0 saturated carbocycles.